The van der Waals surface area contributed by atoms with E-state index in [4.69, 9.17) is 0 Å². The van der Waals surface area contributed by atoms with Gasteiger partial charge in [0, 0.05) is 24.6 Å². The van der Waals surface area contributed by atoms with Gasteiger partial charge in [0.25, 0.3) is 0 Å². The number of hydrogen-bond donors (Lipinski definition) is 1. The Morgan fingerprint density at radius 3 is 2.70 bits per heavy atom. The highest BCUT2D eigenvalue weighted by Crippen LogP contribution is 2.01. The topological polar surface area (TPSA) is 24.9 Å². The van der Waals surface area contributed by atoms with Gasteiger partial charge in [-0.3, -0.25) is 4.98 Å². The zero-order chi connectivity index (χ0) is 7.23. The van der Waals surface area contributed by atoms with Crippen molar-refractivity contribution in [1.82, 2.24) is 4.98 Å². The number of pyridine rings is 1. The van der Waals surface area contributed by atoms with Gasteiger partial charge in [-0.2, -0.15) is 0 Å². The molecule has 1 N–H and O–H groups in total. The fraction of sp³-hybridized carbons (Fsp3) is 0.250. The Morgan fingerprint density at radius 1 is 1.40 bits per heavy atom. The van der Waals surface area contributed by atoms with Crippen LogP contribution in [0.1, 0.15) is 6.42 Å². The zero-order valence-electron chi connectivity index (χ0n) is 5.88. The summed E-state index contributed by atoms with van der Waals surface area (Å²) < 4.78 is 0. The number of hydrogen-bond acceptors (Lipinski definition) is 2. The van der Waals surface area contributed by atoms with Crippen molar-refractivity contribution < 1.29 is 0 Å². The molecule has 0 spiro atoms. The maximum Gasteiger partial charge on any atom is 0.0371 e. The Bertz CT molecular complexity index is 172. The van der Waals surface area contributed by atoms with Gasteiger partial charge in [0.2, 0.25) is 0 Å². The lowest BCUT2D eigenvalue weighted by atomic mass is 10.4. The molecular formula is C8H11N2. The summed E-state index contributed by atoms with van der Waals surface area (Å²) >= 11 is 0. The first-order valence-corrected chi connectivity index (χ1v) is 3.36. The number of anilines is 1. The second-order valence-corrected chi connectivity index (χ2v) is 2.02. The molecule has 0 aliphatic heterocycles. The van der Waals surface area contributed by atoms with Crippen LogP contribution in [0.2, 0.25) is 0 Å². The third kappa shape index (κ3) is 2.05. The summed E-state index contributed by atoms with van der Waals surface area (Å²) in [6.07, 6.45) is 4.44. The molecule has 2 nitrogen and oxygen atoms in total. The van der Waals surface area contributed by atoms with Gasteiger partial charge in [0.1, 0.15) is 0 Å². The van der Waals surface area contributed by atoms with Crippen LogP contribution in [0.5, 0.6) is 0 Å². The van der Waals surface area contributed by atoms with E-state index in [0.717, 1.165) is 18.7 Å². The molecule has 0 aliphatic carbocycles. The summed E-state index contributed by atoms with van der Waals surface area (Å²) in [5.41, 5.74) is 1.11. The van der Waals surface area contributed by atoms with E-state index in [1.165, 1.54) is 0 Å². The SMILES string of the molecule is [CH2]CCNc1ccncc1. The summed E-state index contributed by atoms with van der Waals surface area (Å²) in [5.74, 6) is 0. The Hall–Kier alpha value is -1.05. The molecule has 1 rings (SSSR count). The molecule has 0 aromatic carbocycles. The van der Waals surface area contributed by atoms with Crippen LogP contribution in [-0.2, 0) is 0 Å². The molecule has 10 heavy (non-hydrogen) atoms. The van der Waals surface area contributed by atoms with Crippen LogP contribution in [0.3, 0.4) is 0 Å². The molecule has 1 heterocycles. The van der Waals surface area contributed by atoms with Crippen molar-refractivity contribution in [2.75, 3.05) is 11.9 Å². The summed E-state index contributed by atoms with van der Waals surface area (Å²) in [4.78, 5) is 3.90. The van der Waals surface area contributed by atoms with Crippen molar-refractivity contribution in [1.29, 1.82) is 0 Å². The Kier molecular flexibility index (Phi) is 2.74. The monoisotopic (exact) mass is 135 g/mol. The van der Waals surface area contributed by atoms with Gasteiger partial charge < -0.3 is 5.32 Å². The second kappa shape index (κ2) is 3.88. The Morgan fingerprint density at radius 2 is 2.10 bits per heavy atom. The van der Waals surface area contributed by atoms with Crippen LogP contribution in [-0.4, -0.2) is 11.5 Å². The molecule has 0 saturated carbocycles. The summed E-state index contributed by atoms with van der Waals surface area (Å²) in [5, 5.41) is 3.19. The van der Waals surface area contributed by atoms with Crippen LogP contribution < -0.4 is 5.32 Å². The lowest BCUT2D eigenvalue weighted by molar-refractivity contribution is 1.06. The first-order valence-electron chi connectivity index (χ1n) is 3.36. The largest absolute Gasteiger partial charge is 0.385 e. The van der Waals surface area contributed by atoms with Crippen LogP contribution in [0.4, 0.5) is 5.69 Å². The molecule has 1 aromatic rings. The van der Waals surface area contributed by atoms with E-state index in [9.17, 15) is 0 Å². The summed E-state index contributed by atoms with van der Waals surface area (Å²) in [7, 11) is 0. The summed E-state index contributed by atoms with van der Waals surface area (Å²) in [6.45, 7) is 4.64. The van der Waals surface area contributed by atoms with Gasteiger partial charge in [0.05, 0.1) is 0 Å². The minimum Gasteiger partial charge on any atom is -0.385 e. The fourth-order valence-electron chi connectivity index (χ4n) is 0.702. The number of rotatable bonds is 3. The van der Waals surface area contributed by atoms with Gasteiger partial charge in [0.15, 0.2) is 0 Å². The molecule has 53 valence electrons. The highest BCUT2D eigenvalue weighted by molar-refractivity contribution is 5.40. The van der Waals surface area contributed by atoms with Gasteiger partial charge >= 0.3 is 0 Å². The zero-order valence-corrected chi connectivity index (χ0v) is 5.88. The standard InChI is InChI=1S/C8H11N2/c1-2-5-10-8-3-6-9-7-4-8/h3-4,6-7H,1-2,5H2,(H,9,10). The molecule has 0 bridgehead atoms. The normalized spacial score (nSPS) is 9.30. The van der Waals surface area contributed by atoms with Gasteiger partial charge in [-0.25, -0.2) is 0 Å². The van der Waals surface area contributed by atoms with Gasteiger partial charge in [-0.05, 0) is 18.6 Å². The van der Waals surface area contributed by atoms with Crippen molar-refractivity contribution in [3.63, 3.8) is 0 Å². The van der Waals surface area contributed by atoms with Gasteiger partial charge in [-0.15, -0.1) is 0 Å². The minimum absolute atomic E-state index is 0.905. The maximum atomic E-state index is 3.90. The quantitative estimate of drug-likeness (QED) is 0.682. The molecule has 1 aromatic heterocycles. The van der Waals surface area contributed by atoms with E-state index in [1.54, 1.807) is 12.4 Å². The first kappa shape index (κ1) is 7.06. The van der Waals surface area contributed by atoms with Crippen LogP contribution in [0, 0.1) is 6.92 Å². The average Bonchev–Trinajstić information content (AvgIpc) is 2.03. The van der Waals surface area contributed by atoms with Crippen LogP contribution in [0.15, 0.2) is 24.5 Å². The molecular weight excluding hydrogens is 124 g/mol. The van der Waals surface area contributed by atoms with E-state index >= 15 is 0 Å². The van der Waals surface area contributed by atoms with Crippen molar-refractivity contribution >= 4 is 5.69 Å². The molecule has 0 fully saturated rings. The van der Waals surface area contributed by atoms with Gasteiger partial charge in [-0.1, -0.05) is 6.92 Å². The van der Waals surface area contributed by atoms with Crippen molar-refractivity contribution in [3.8, 4) is 0 Å². The predicted molar refractivity (Wildman–Crippen MR) is 42.7 cm³/mol. The number of nitrogens with one attached hydrogen (secondary N) is 1. The van der Waals surface area contributed by atoms with Crippen molar-refractivity contribution in [3.05, 3.63) is 31.5 Å². The smallest absolute Gasteiger partial charge is 0.0371 e. The van der Waals surface area contributed by atoms with Crippen molar-refractivity contribution in [2.24, 2.45) is 0 Å². The highest BCUT2D eigenvalue weighted by atomic mass is 14.9. The molecule has 2 heteroatoms. The highest BCUT2D eigenvalue weighted by Gasteiger charge is 1.84. The van der Waals surface area contributed by atoms with Crippen LogP contribution in [0.25, 0.3) is 0 Å². The lowest BCUT2D eigenvalue weighted by Crippen LogP contribution is -1.98. The Balaban J connectivity index is 2.43. The third-order valence-electron chi connectivity index (χ3n) is 1.19. The molecule has 1 radical (unpaired) electrons. The van der Waals surface area contributed by atoms with Crippen LogP contribution >= 0.6 is 0 Å². The molecule has 0 amide bonds. The first-order chi connectivity index (χ1) is 4.93. The minimum atomic E-state index is 0.905. The molecule has 0 aliphatic rings. The third-order valence-corrected chi connectivity index (χ3v) is 1.19. The van der Waals surface area contributed by atoms with E-state index in [-0.39, 0.29) is 0 Å². The number of nitrogens with zero attached hydrogens (tertiary/aromatic N) is 1. The Labute approximate surface area is 61.3 Å². The second-order valence-electron chi connectivity index (χ2n) is 2.02. The fourth-order valence-corrected chi connectivity index (χ4v) is 0.702. The van der Waals surface area contributed by atoms with E-state index < -0.39 is 0 Å². The lowest BCUT2D eigenvalue weighted by Gasteiger charge is -2.01. The number of aromatic nitrogens is 1. The van der Waals surface area contributed by atoms with E-state index in [0.29, 0.717) is 0 Å². The molecule has 0 saturated heterocycles. The summed E-state index contributed by atoms with van der Waals surface area (Å²) in [6, 6.07) is 3.88. The molecule has 0 atom stereocenters. The van der Waals surface area contributed by atoms with E-state index in [1.807, 2.05) is 12.1 Å². The van der Waals surface area contributed by atoms with E-state index in [2.05, 4.69) is 17.2 Å². The maximum absolute atomic E-state index is 3.90. The van der Waals surface area contributed by atoms with Crippen molar-refractivity contribution in [2.45, 2.75) is 6.42 Å². The predicted octanol–water partition coefficient (Wildman–Crippen LogP) is 1.72. The average molecular weight is 135 g/mol. The molecule has 0 unspecified atom stereocenters.